The van der Waals surface area contributed by atoms with Crippen molar-refractivity contribution in [1.82, 2.24) is 15.5 Å². The summed E-state index contributed by atoms with van der Waals surface area (Å²) in [5.41, 5.74) is 0.727. The lowest BCUT2D eigenvalue weighted by Gasteiger charge is -2.35. The smallest absolute Gasteiger partial charge is 0.221 e. The number of amides is 1. The Bertz CT molecular complexity index is 674. The quantitative estimate of drug-likeness (QED) is 0.305. The highest BCUT2D eigenvalue weighted by Gasteiger charge is 2.22. The third kappa shape index (κ3) is 9.00. The number of hydrogen-bond acceptors (Lipinski definition) is 5. The van der Waals surface area contributed by atoms with E-state index in [9.17, 15) is 4.79 Å². The highest BCUT2D eigenvalue weighted by molar-refractivity contribution is 5.88. The second kappa shape index (κ2) is 13.1. The molecule has 1 aromatic rings. The van der Waals surface area contributed by atoms with Gasteiger partial charge < -0.3 is 25.4 Å². The normalized spacial score (nSPS) is 16.2. The zero-order chi connectivity index (χ0) is 21.8. The predicted octanol–water partition coefficient (Wildman–Crippen LogP) is 1.94. The molecule has 8 nitrogen and oxygen atoms in total. The van der Waals surface area contributed by atoms with Gasteiger partial charge in [-0.05, 0) is 24.5 Å². The Hall–Kier alpha value is -2.32. The summed E-state index contributed by atoms with van der Waals surface area (Å²) in [5, 5.41) is 9.51. The first-order valence-corrected chi connectivity index (χ1v) is 10.7. The highest BCUT2D eigenvalue weighted by Crippen LogP contribution is 2.17. The molecule has 0 bridgehead atoms. The molecule has 1 atom stereocenters. The van der Waals surface area contributed by atoms with Crippen LogP contribution in [0.3, 0.4) is 0 Å². The van der Waals surface area contributed by atoms with Gasteiger partial charge in [-0.25, -0.2) is 0 Å². The minimum absolute atomic E-state index is 0.100. The fourth-order valence-corrected chi connectivity index (χ4v) is 3.49. The van der Waals surface area contributed by atoms with Gasteiger partial charge in [0.2, 0.25) is 5.91 Å². The van der Waals surface area contributed by atoms with Crippen LogP contribution in [0.4, 0.5) is 5.69 Å². The summed E-state index contributed by atoms with van der Waals surface area (Å²) in [6.07, 6.45) is 1.14. The maximum absolute atomic E-state index is 11.2. The van der Waals surface area contributed by atoms with Crippen LogP contribution in [-0.2, 0) is 9.53 Å². The number of nitrogens with zero attached hydrogens (tertiary/aromatic N) is 2. The summed E-state index contributed by atoms with van der Waals surface area (Å²) >= 11 is 0. The number of nitrogens with one attached hydrogen (secondary N) is 3. The zero-order valence-corrected chi connectivity index (χ0v) is 18.7. The van der Waals surface area contributed by atoms with Crippen LogP contribution in [0.1, 0.15) is 27.2 Å². The van der Waals surface area contributed by atoms with Crippen molar-refractivity contribution in [2.75, 3.05) is 58.4 Å². The van der Waals surface area contributed by atoms with Crippen LogP contribution in [-0.4, -0.2) is 75.9 Å². The maximum atomic E-state index is 11.2. The zero-order valence-electron chi connectivity index (χ0n) is 18.7. The monoisotopic (exact) mass is 419 g/mol. The first-order valence-electron chi connectivity index (χ1n) is 10.7. The topological polar surface area (TPSA) is 87.2 Å². The number of benzene rings is 1. The third-order valence-electron chi connectivity index (χ3n) is 4.85. The Balaban J connectivity index is 1.75. The van der Waals surface area contributed by atoms with Crippen LogP contribution in [0.5, 0.6) is 5.75 Å². The second-order valence-electron chi connectivity index (χ2n) is 7.87. The summed E-state index contributed by atoms with van der Waals surface area (Å²) < 4.78 is 11.3. The summed E-state index contributed by atoms with van der Waals surface area (Å²) in [6, 6.07) is 7.83. The first-order chi connectivity index (χ1) is 14.5. The molecule has 0 aromatic heterocycles. The lowest BCUT2D eigenvalue weighted by molar-refractivity contribution is -0.114. The van der Waals surface area contributed by atoms with Crippen molar-refractivity contribution >= 4 is 17.6 Å². The van der Waals surface area contributed by atoms with E-state index in [1.165, 1.54) is 6.92 Å². The summed E-state index contributed by atoms with van der Waals surface area (Å²) in [7, 11) is 1.78. The largest absolute Gasteiger partial charge is 0.492 e. The minimum atomic E-state index is -0.100. The van der Waals surface area contributed by atoms with Crippen LogP contribution in [0.25, 0.3) is 0 Å². The third-order valence-corrected chi connectivity index (χ3v) is 4.85. The number of carbonyl (C=O) groups is 1. The van der Waals surface area contributed by atoms with E-state index in [1.54, 1.807) is 7.05 Å². The number of carbonyl (C=O) groups excluding carboxylic acids is 1. The van der Waals surface area contributed by atoms with E-state index < -0.39 is 0 Å². The fraction of sp³-hybridized carbons (Fsp3) is 0.636. The molecule has 3 N–H and O–H groups in total. The molecule has 1 amide bonds. The first kappa shape index (κ1) is 24.0. The van der Waals surface area contributed by atoms with Crippen LogP contribution in [0, 0.1) is 5.92 Å². The molecule has 1 saturated heterocycles. The molecule has 1 aliphatic rings. The number of anilines is 1. The number of aliphatic imine (C=N–C) groups is 1. The van der Waals surface area contributed by atoms with Gasteiger partial charge in [0.1, 0.15) is 12.4 Å². The van der Waals surface area contributed by atoms with Crippen molar-refractivity contribution in [2.45, 2.75) is 33.2 Å². The Morgan fingerprint density at radius 1 is 1.27 bits per heavy atom. The van der Waals surface area contributed by atoms with E-state index >= 15 is 0 Å². The summed E-state index contributed by atoms with van der Waals surface area (Å²) in [5.74, 6) is 2.02. The van der Waals surface area contributed by atoms with E-state index in [1.807, 2.05) is 24.3 Å². The van der Waals surface area contributed by atoms with E-state index in [4.69, 9.17) is 9.47 Å². The summed E-state index contributed by atoms with van der Waals surface area (Å²) in [4.78, 5) is 18.0. The van der Waals surface area contributed by atoms with Crippen molar-refractivity contribution in [3.63, 3.8) is 0 Å². The molecule has 1 heterocycles. The van der Waals surface area contributed by atoms with Crippen molar-refractivity contribution < 1.29 is 14.3 Å². The summed E-state index contributed by atoms with van der Waals surface area (Å²) in [6.45, 7) is 11.5. The second-order valence-corrected chi connectivity index (χ2v) is 7.87. The molecule has 0 spiro atoms. The molecule has 0 saturated carbocycles. The van der Waals surface area contributed by atoms with Crippen LogP contribution >= 0.6 is 0 Å². The van der Waals surface area contributed by atoms with E-state index in [0.717, 1.165) is 56.7 Å². The fourth-order valence-electron chi connectivity index (χ4n) is 3.49. The van der Waals surface area contributed by atoms with Gasteiger partial charge in [-0.1, -0.05) is 19.9 Å². The van der Waals surface area contributed by atoms with E-state index in [2.05, 4.69) is 39.7 Å². The van der Waals surface area contributed by atoms with Gasteiger partial charge in [-0.15, -0.1) is 0 Å². The molecule has 30 heavy (non-hydrogen) atoms. The van der Waals surface area contributed by atoms with Gasteiger partial charge >= 0.3 is 0 Å². The Labute approximate surface area is 180 Å². The maximum Gasteiger partial charge on any atom is 0.221 e. The van der Waals surface area contributed by atoms with Gasteiger partial charge in [0.25, 0.3) is 0 Å². The molecule has 1 fully saturated rings. The van der Waals surface area contributed by atoms with E-state index in [0.29, 0.717) is 25.1 Å². The van der Waals surface area contributed by atoms with Gasteiger partial charge in [-0.2, -0.15) is 0 Å². The Kier molecular flexibility index (Phi) is 10.4. The molecular formula is C22H37N5O3. The Morgan fingerprint density at radius 3 is 2.70 bits per heavy atom. The lowest BCUT2D eigenvalue weighted by Crippen LogP contribution is -2.51. The molecule has 1 unspecified atom stereocenters. The van der Waals surface area contributed by atoms with Crippen LogP contribution in [0.15, 0.2) is 29.3 Å². The van der Waals surface area contributed by atoms with E-state index in [-0.39, 0.29) is 5.91 Å². The molecule has 168 valence electrons. The molecule has 2 rings (SSSR count). The van der Waals surface area contributed by atoms with Gasteiger partial charge in [0.05, 0.1) is 19.8 Å². The average molecular weight is 420 g/mol. The minimum Gasteiger partial charge on any atom is -0.492 e. The number of rotatable bonds is 10. The van der Waals surface area contributed by atoms with Gasteiger partial charge in [0.15, 0.2) is 5.96 Å². The highest BCUT2D eigenvalue weighted by atomic mass is 16.5. The van der Waals surface area contributed by atoms with Gasteiger partial charge in [0, 0.05) is 51.4 Å². The molecular weight excluding hydrogens is 382 g/mol. The number of ether oxygens (including phenoxy) is 2. The van der Waals surface area contributed by atoms with Crippen LogP contribution < -0.4 is 20.7 Å². The average Bonchev–Trinajstić information content (AvgIpc) is 2.72. The predicted molar refractivity (Wildman–Crippen MR) is 121 cm³/mol. The molecule has 1 aliphatic heterocycles. The molecule has 8 heteroatoms. The Morgan fingerprint density at radius 2 is 2.03 bits per heavy atom. The van der Waals surface area contributed by atoms with Crippen molar-refractivity contribution in [3.05, 3.63) is 24.3 Å². The standard InChI is InChI=1S/C22H37N5O3/c1-17(2)14-20(27-9-12-29-13-10-27)16-25-22(23-4)24-8-11-30-21-7-5-6-19(15-21)26-18(3)28/h5-7,15,17,20H,8-14,16H2,1-4H3,(H,26,28)(H2,23,24,25). The number of hydrogen-bond donors (Lipinski definition) is 3. The van der Waals surface area contributed by atoms with Crippen molar-refractivity contribution in [2.24, 2.45) is 10.9 Å². The number of morpholine rings is 1. The molecule has 0 aliphatic carbocycles. The lowest BCUT2D eigenvalue weighted by atomic mass is 10.0. The van der Waals surface area contributed by atoms with Gasteiger partial charge in [-0.3, -0.25) is 14.7 Å². The van der Waals surface area contributed by atoms with Crippen molar-refractivity contribution in [3.8, 4) is 5.75 Å². The molecule has 1 aromatic carbocycles. The molecule has 0 radical (unpaired) electrons. The number of guanidine groups is 1. The van der Waals surface area contributed by atoms with Crippen LogP contribution in [0.2, 0.25) is 0 Å². The van der Waals surface area contributed by atoms with Crippen molar-refractivity contribution in [1.29, 1.82) is 0 Å². The SMILES string of the molecule is CN=C(NCCOc1cccc(NC(C)=O)c1)NCC(CC(C)C)N1CCOCC1.